The lowest BCUT2D eigenvalue weighted by molar-refractivity contribution is -0.130. The highest BCUT2D eigenvalue weighted by Gasteiger charge is 2.13. The Morgan fingerprint density at radius 2 is 1.96 bits per heavy atom. The third kappa shape index (κ3) is 4.57. The summed E-state index contributed by atoms with van der Waals surface area (Å²) in [4.78, 5) is 13.9. The van der Waals surface area contributed by atoms with Crippen molar-refractivity contribution in [1.82, 2.24) is 14.7 Å². The molecule has 0 atom stereocenters. The molecule has 0 aliphatic rings. The lowest BCUT2D eigenvalue weighted by Gasteiger charge is -2.17. The van der Waals surface area contributed by atoms with Gasteiger partial charge in [-0.15, -0.1) is 0 Å². The van der Waals surface area contributed by atoms with Crippen molar-refractivity contribution in [2.45, 2.75) is 26.7 Å². The zero-order chi connectivity index (χ0) is 17.7. The maximum absolute atomic E-state index is 12.8. The van der Waals surface area contributed by atoms with Crippen LogP contribution >= 0.6 is 0 Å². The van der Waals surface area contributed by atoms with Crippen LogP contribution in [0.3, 0.4) is 0 Å². The number of ether oxygens (including phenoxy) is 1. The summed E-state index contributed by atoms with van der Waals surface area (Å²) in [5.41, 5.74) is 3.22. The third-order valence-corrected chi connectivity index (χ3v) is 4.18. The molecule has 1 aromatic carbocycles. The minimum absolute atomic E-state index is 0.0698. The molecule has 0 radical (unpaired) electrons. The van der Waals surface area contributed by atoms with Crippen molar-refractivity contribution in [1.29, 1.82) is 0 Å². The molecule has 0 aliphatic heterocycles. The highest BCUT2D eigenvalue weighted by molar-refractivity contribution is 5.76. The molecule has 1 aromatic heterocycles. The summed E-state index contributed by atoms with van der Waals surface area (Å²) in [5.74, 6) is 0.370. The average molecular weight is 333 g/mol. The summed E-state index contributed by atoms with van der Waals surface area (Å²) in [7, 11) is 3.67. The number of aromatic nitrogens is 2. The molecular weight excluding hydrogens is 309 g/mol. The standard InChI is InChI=1S/C18H24FN3O2/c1-13-17(14(2)22(4)20-13)9-10-18(23)21(3)11-12-24-16-7-5-15(19)6-8-16/h5-8H,9-12H2,1-4H3. The first-order valence-electron chi connectivity index (χ1n) is 8.00. The van der Waals surface area contributed by atoms with E-state index in [0.717, 1.165) is 17.0 Å². The maximum atomic E-state index is 12.8. The molecule has 6 heteroatoms. The van der Waals surface area contributed by atoms with Gasteiger partial charge in [-0.1, -0.05) is 0 Å². The summed E-state index contributed by atoms with van der Waals surface area (Å²) in [5, 5.41) is 4.37. The lowest BCUT2D eigenvalue weighted by Crippen LogP contribution is -2.31. The molecule has 0 fully saturated rings. The molecule has 130 valence electrons. The molecule has 0 unspecified atom stereocenters. The van der Waals surface area contributed by atoms with Gasteiger partial charge in [0.1, 0.15) is 18.2 Å². The Labute approximate surface area is 142 Å². The van der Waals surface area contributed by atoms with E-state index >= 15 is 0 Å². The van der Waals surface area contributed by atoms with Crippen molar-refractivity contribution >= 4 is 5.91 Å². The van der Waals surface area contributed by atoms with Gasteiger partial charge in [0.2, 0.25) is 5.91 Å². The maximum Gasteiger partial charge on any atom is 0.222 e. The van der Waals surface area contributed by atoms with Crippen molar-refractivity contribution < 1.29 is 13.9 Å². The minimum Gasteiger partial charge on any atom is -0.492 e. The summed E-state index contributed by atoms with van der Waals surface area (Å²) < 4.78 is 20.2. The second kappa shape index (κ2) is 7.95. The second-order valence-corrected chi connectivity index (χ2v) is 5.89. The van der Waals surface area contributed by atoms with Crippen LogP contribution in [0.5, 0.6) is 5.75 Å². The zero-order valence-electron chi connectivity index (χ0n) is 14.7. The van der Waals surface area contributed by atoms with E-state index in [9.17, 15) is 9.18 Å². The number of aryl methyl sites for hydroxylation is 2. The Hall–Kier alpha value is -2.37. The van der Waals surface area contributed by atoms with Crippen LogP contribution in [0, 0.1) is 19.7 Å². The van der Waals surface area contributed by atoms with E-state index in [1.54, 1.807) is 24.1 Å². The number of amides is 1. The van der Waals surface area contributed by atoms with E-state index in [2.05, 4.69) is 5.10 Å². The van der Waals surface area contributed by atoms with Crippen LogP contribution in [0.15, 0.2) is 24.3 Å². The largest absolute Gasteiger partial charge is 0.492 e. The molecule has 1 amide bonds. The number of halogens is 1. The van der Waals surface area contributed by atoms with E-state index in [4.69, 9.17) is 4.74 Å². The third-order valence-electron chi connectivity index (χ3n) is 4.18. The molecule has 2 rings (SSSR count). The van der Waals surface area contributed by atoms with Gasteiger partial charge >= 0.3 is 0 Å². The van der Waals surface area contributed by atoms with E-state index in [1.807, 2.05) is 25.6 Å². The monoisotopic (exact) mass is 333 g/mol. The zero-order valence-corrected chi connectivity index (χ0v) is 14.7. The summed E-state index contributed by atoms with van der Waals surface area (Å²) in [6.07, 6.45) is 1.13. The van der Waals surface area contributed by atoms with Gasteiger partial charge < -0.3 is 9.64 Å². The molecule has 0 N–H and O–H groups in total. The number of rotatable bonds is 7. The van der Waals surface area contributed by atoms with Crippen LogP contribution in [0.2, 0.25) is 0 Å². The lowest BCUT2D eigenvalue weighted by atomic mass is 10.1. The predicted molar refractivity (Wildman–Crippen MR) is 90.5 cm³/mol. The molecule has 24 heavy (non-hydrogen) atoms. The molecule has 0 saturated heterocycles. The Morgan fingerprint density at radius 3 is 2.54 bits per heavy atom. The van der Waals surface area contributed by atoms with Crippen LogP contribution in [-0.2, 0) is 18.3 Å². The van der Waals surface area contributed by atoms with Gasteiger partial charge in [-0.25, -0.2) is 4.39 Å². The molecule has 0 aliphatic carbocycles. The molecule has 0 bridgehead atoms. The fourth-order valence-corrected chi connectivity index (χ4v) is 2.56. The number of likely N-dealkylation sites (N-methyl/N-ethyl adjacent to an activating group) is 1. The normalized spacial score (nSPS) is 10.7. The Bertz CT molecular complexity index is 695. The summed E-state index contributed by atoms with van der Waals surface area (Å²) in [6.45, 7) is 4.84. The van der Waals surface area contributed by atoms with Crippen molar-refractivity contribution in [2.75, 3.05) is 20.2 Å². The number of hydrogen-bond donors (Lipinski definition) is 0. The van der Waals surface area contributed by atoms with E-state index in [1.165, 1.54) is 12.1 Å². The summed E-state index contributed by atoms with van der Waals surface area (Å²) >= 11 is 0. The first kappa shape index (κ1) is 18.0. The molecular formula is C18H24FN3O2. The number of nitrogens with zero attached hydrogens (tertiary/aromatic N) is 3. The van der Waals surface area contributed by atoms with Crippen LogP contribution in [0.25, 0.3) is 0 Å². The van der Waals surface area contributed by atoms with Crippen LogP contribution in [-0.4, -0.2) is 40.8 Å². The van der Waals surface area contributed by atoms with Gasteiger partial charge in [0, 0.05) is 26.2 Å². The Balaban J connectivity index is 1.76. The number of benzene rings is 1. The van der Waals surface area contributed by atoms with E-state index < -0.39 is 0 Å². The van der Waals surface area contributed by atoms with Crippen molar-refractivity contribution in [3.8, 4) is 5.75 Å². The van der Waals surface area contributed by atoms with Crippen molar-refractivity contribution in [3.05, 3.63) is 47.0 Å². The molecule has 2 aromatic rings. The van der Waals surface area contributed by atoms with Gasteiger partial charge in [0.25, 0.3) is 0 Å². The fourth-order valence-electron chi connectivity index (χ4n) is 2.56. The quantitative estimate of drug-likeness (QED) is 0.783. The second-order valence-electron chi connectivity index (χ2n) is 5.89. The summed E-state index contributed by atoms with van der Waals surface area (Å²) in [6, 6.07) is 5.85. The van der Waals surface area contributed by atoms with E-state index in [-0.39, 0.29) is 11.7 Å². The number of carbonyl (C=O) groups is 1. The van der Waals surface area contributed by atoms with Crippen molar-refractivity contribution in [2.24, 2.45) is 7.05 Å². The van der Waals surface area contributed by atoms with Crippen molar-refractivity contribution in [3.63, 3.8) is 0 Å². The fraction of sp³-hybridized carbons (Fsp3) is 0.444. The van der Waals surface area contributed by atoms with Crippen LogP contribution < -0.4 is 4.74 Å². The highest BCUT2D eigenvalue weighted by Crippen LogP contribution is 2.15. The number of hydrogen-bond acceptors (Lipinski definition) is 3. The first-order chi connectivity index (χ1) is 11.4. The predicted octanol–water partition coefficient (Wildman–Crippen LogP) is 2.65. The SMILES string of the molecule is Cc1nn(C)c(C)c1CCC(=O)N(C)CCOc1ccc(F)cc1. The molecule has 0 saturated carbocycles. The molecule has 0 spiro atoms. The van der Waals surface area contributed by atoms with E-state index in [0.29, 0.717) is 31.7 Å². The van der Waals surface area contributed by atoms with Gasteiger partial charge in [-0.3, -0.25) is 9.48 Å². The van der Waals surface area contributed by atoms with Gasteiger partial charge in [0.05, 0.1) is 12.2 Å². The first-order valence-corrected chi connectivity index (χ1v) is 8.00. The average Bonchev–Trinajstić information content (AvgIpc) is 2.79. The molecule has 1 heterocycles. The smallest absolute Gasteiger partial charge is 0.222 e. The minimum atomic E-state index is -0.296. The Morgan fingerprint density at radius 1 is 1.29 bits per heavy atom. The number of carbonyl (C=O) groups excluding carboxylic acids is 1. The van der Waals surface area contributed by atoms with Gasteiger partial charge in [0.15, 0.2) is 0 Å². The molecule has 5 nitrogen and oxygen atoms in total. The Kier molecular flexibility index (Phi) is 5.95. The highest BCUT2D eigenvalue weighted by atomic mass is 19.1. The van der Waals surface area contributed by atoms with Crippen LogP contribution in [0.1, 0.15) is 23.4 Å². The topological polar surface area (TPSA) is 47.4 Å². The van der Waals surface area contributed by atoms with Crippen LogP contribution in [0.4, 0.5) is 4.39 Å². The van der Waals surface area contributed by atoms with Gasteiger partial charge in [-0.2, -0.15) is 5.10 Å². The van der Waals surface area contributed by atoms with Gasteiger partial charge in [-0.05, 0) is 50.1 Å².